The van der Waals surface area contributed by atoms with Gasteiger partial charge in [-0.2, -0.15) is 0 Å². The van der Waals surface area contributed by atoms with Crippen molar-refractivity contribution in [1.29, 1.82) is 0 Å². The van der Waals surface area contributed by atoms with Crippen LogP contribution in [0.2, 0.25) is 0 Å². The van der Waals surface area contributed by atoms with E-state index in [-0.39, 0.29) is 0 Å². The first-order valence-electron chi connectivity index (χ1n) is 0.986. The Hall–Kier alpha value is 0.292. The molecular formula is C2H6AlO2. The normalized spacial score (nSPS) is 4.20. The van der Waals surface area contributed by atoms with Gasteiger partial charge in [0, 0.05) is 7.11 Å². The molecule has 0 saturated carbocycles. The van der Waals surface area contributed by atoms with Gasteiger partial charge < -0.3 is 4.74 Å². The van der Waals surface area contributed by atoms with Crippen molar-refractivity contribution < 1.29 is 8.54 Å². The van der Waals surface area contributed by atoms with Crippen LogP contribution in [0.5, 0.6) is 0 Å². The van der Waals surface area contributed by atoms with Crippen molar-refractivity contribution in [2.45, 2.75) is 0 Å². The zero-order valence-corrected chi connectivity index (χ0v) is 4.64. The Morgan fingerprint density at radius 3 is 1.80 bits per heavy atom. The SMILES string of the molecule is [CH2]OC.[O]=[AlH]. The van der Waals surface area contributed by atoms with Crippen molar-refractivity contribution in [3.8, 4) is 0 Å². The first-order valence-corrected chi connectivity index (χ1v) is 1.56. The molecule has 0 unspecified atom stereocenters. The number of hydrogen-bond acceptors (Lipinski definition) is 2. The van der Waals surface area contributed by atoms with Gasteiger partial charge in [0.05, 0.1) is 7.11 Å². The molecule has 0 bridgehead atoms. The third kappa shape index (κ3) is 264. The van der Waals surface area contributed by atoms with Crippen LogP contribution in [0, 0.1) is 7.11 Å². The van der Waals surface area contributed by atoms with E-state index in [4.69, 9.17) is 3.80 Å². The van der Waals surface area contributed by atoms with Crippen molar-refractivity contribution >= 4 is 16.2 Å². The maximum absolute atomic E-state index is 8.28. The Balaban J connectivity index is 0. The van der Waals surface area contributed by atoms with E-state index in [9.17, 15) is 0 Å². The maximum atomic E-state index is 8.28. The molecule has 1 radical (unpaired) electrons. The number of hydrogen-bond donors (Lipinski definition) is 0. The molecule has 3 heteroatoms. The molecule has 0 fully saturated rings. The van der Waals surface area contributed by atoms with E-state index in [1.165, 1.54) is 7.11 Å². The van der Waals surface area contributed by atoms with Gasteiger partial charge in [0.15, 0.2) is 0 Å². The molecule has 0 amide bonds. The van der Waals surface area contributed by atoms with E-state index in [0.717, 1.165) is 0 Å². The van der Waals surface area contributed by atoms with Crippen LogP contribution in [0.25, 0.3) is 0 Å². The summed E-state index contributed by atoms with van der Waals surface area (Å²) in [6, 6.07) is 0. The van der Waals surface area contributed by atoms with E-state index in [1.54, 1.807) is 0 Å². The summed E-state index contributed by atoms with van der Waals surface area (Å²) in [5.74, 6) is 0. The van der Waals surface area contributed by atoms with Crippen LogP contribution >= 0.6 is 0 Å². The molecule has 0 aliphatic carbocycles. The third-order valence-electron chi connectivity index (χ3n) is 0. The average molecular weight is 89.0 g/mol. The molecule has 5 heavy (non-hydrogen) atoms. The summed E-state index contributed by atoms with van der Waals surface area (Å²) in [6.45, 7) is 0. The van der Waals surface area contributed by atoms with Crippen LogP contribution in [0.15, 0.2) is 0 Å². The van der Waals surface area contributed by atoms with Crippen LogP contribution in [0.3, 0.4) is 0 Å². The fourth-order valence-corrected chi connectivity index (χ4v) is 0. The van der Waals surface area contributed by atoms with E-state index in [2.05, 4.69) is 11.8 Å². The van der Waals surface area contributed by atoms with Crippen LogP contribution in [0.4, 0.5) is 0 Å². The quantitative estimate of drug-likeness (QED) is 0.379. The van der Waals surface area contributed by atoms with Crippen molar-refractivity contribution in [1.82, 2.24) is 0 Å². The van der Waals surface area contributed by atoms with E-state index in [1.807, 2.05) is 0 Å². The molecule has 0 aliphatic rings. The standard InChI is InChI=1S/C2H5O.Al.O.H/c1-3-2;;;/h1H2,2H3;;;. The van der Waals surface area contributed by atoms with E-state index < -0.39 is 0 Å². The zero-order chi connectivity index (χ0) is 4.71. The van der Waals surface area contributed by atoms with Crippen molar-refractivity contribution in [3.05, 3.63) is 7.11 Å². The second-order valence-electron chi connectivity index (χ2n) is 0.289. The Morgan fingerprint density at radius 2 is 1.80 bits per heavy atom. The zero-order valence-electron chi connectivity index (χ0n) is 3.23. The summed E-state index contributed by atoms with van der Waals surface area (Å²) in [5.41, 5.74) is 0. The summed E-state index contributed by atoms with van der Waals surface area (Å²) < 4.78 is 12.3. The summed E-state index contributed by atoms with van der Waals surface area (Å²) in [6.07, 6.45) is 0. The molecule has 0 aromatic rings. The van der Waals surface area contributed by atoms with Crippen molar-refractivity contribution in [2.24, 2.45) is 0 Å². The summed E-state index contributed by atoms with van der Waals surface area (Å²) in [5, 5.41) is 0. The Bertz CT molecular complexity index is 11.6. The predicted octanol–water partition coefficient (Wildman–Crippen LogP) is -0.343. The molecule has 0 aliphatic heterocycles. The number of rotatable bonds is 0. The summed E-state index contributed by atoms with van der Waals surface area (Å²) >= 11 is 0.611. The molecule has 0 aromatic heterocycles. The first kappa shape index (κ1) is 9.00. The van der Waals surface area contributed by atoms with Gasteiger partial charge in [-0.15, -0.1) is 0 Å². The first-order chi connectivity index (χ1) is 2.41. The number of methoxy groups -OCH3 is 1. The van der Waals surface area contributed by atoms with Gasteiger partial charge in [0.25, 0.3) is 0 Å². The summed E-state index contributed by atoms with van der Waals surface area (Å²) in [7, 11) is 4.50. The molecule has 0 saturated heterocycles. The van der Waals surface area contributed by atoms with E-state index >= 15 is 0 Å². The van der Waals surface area contributed by atoms with E-state index in [0.29, 0.717) is 16.2 Å². The molecule has 0 atom stereocenters. The van der Waals surface area contributed by atoms with Gasteiger partial charge in [-0.1, -0.05) is 0 Å². The minimum absolute atomic E-state index is 0.611. The van der Waals surface area contributed by atoms with Gasteiger partial charge in [-0.25, -0.2) is 0 Å². The third-order valence-corrected chi connectivity index (χ3v) is 0. The van der Waals surface area contributed by atoms with Crippen LogP contribution in [0.1, 0.15) is 0 Å². The average Bonchev–Trinajstić information content (AvgIpc) is 1.46. The van der Waals surface area contributed by atoms with Gasteiger partial charge in [-0.3, -0.25) is 0 Å². The topological polar surface area (TPSA) is 26.3 Å². The molecule has 0 N–H and O–H groups in total. The molecule has 0 heterocycles. The molecule has 0 spiro atoms. The Morgan fingerprint density at radius 1 is 1.80 bits per heavy atom. The number of ether oxygens (including phenoxy) is 1. The fraction of sp³-hybridized carbons (Fsp3) is 0.500. The van der Waals surface area contributed by atoms with Gasteiger partial charge in [0.1, 0.15) is 0 Å². The molecule has 0 rings (SSSR count). The van der Waals surface area contributed by atoms with Crippen molar-refractivity contribution in [3.63, 3.8) is 0 Å². The van der Waals surface area contributed by atoms with Gasteiger partial charge in [0.2, 0.25) is 0 Å². The van der Waals surface area contributed by atoms with Crippen LogP contribution in [-0.4, -0.2) is 23.3 Å². The van der Waals surface area contributed by atoms with Crippen LogP contribution < -0.4 is 0 Å². The molecular weight excluding hydrogens is 83.0 g/mol. The fourth-order valence-electron chi connectivity index (χ4n) is 0. The van der Waals surface area contributed by atoms with Gasteiger partial charge in [-0.05, 0) is 0 Å². The Kier molecular flexibility index (Phi) is 50.1. The Labute approximate surface area is 39.8 Å². The van der Waals surface area contributed by atoms with Gasteiger partial charge >= 0.3 is 20.0 Å². The second-order valence-corrected chi connectivity index (χ2v) is 0.289. The predicted molar refractivity (Wildman–Crippen MR) is 20.2 cm³/mol. The van der Waals surface area contributed by atoms with Crippen LogP contribution in [-0.2, 0) is 8.54 Å². The minimum atomic E-state index is 0.611. The monoisotopic (exact) mass is 89.0 g/mol. The molecule has 29 valence electrons. The van der Waals surface area contributed by atoms with Crippen molar-refractivity contribution in [2.75, 3.05) is 7.11 Å². The molecule has 2 nitrogen and oxygen atoms in total. The molecule has 0 aromatic carbocycles. The summed E-state index contributed by atoms with van der Waals surface area (Å²) in [4.78, 5) is 0. The second kappa shape index (κ2) is 27.9.